The summed E-state index contributed by atoms with van der Waals surface area (Å²) >= 11 is 0. The third-order valence-electron chi connectivity index (χ3n) is 3.41. The molecule has 0 bridgehead atoms. The molecule has 120 valence electrons. The van der Waals surface area contributed by atoms with E-state index in [4.69, 9.17) is 9.47 Å². The van der Waals surface area contributed by atoms with E-state index < -0.39 is 0 Å². The molecule has 1 atom stereocenters. The third kappa shape index (κ3) is 6.93. The van der Waals surface area contributed by atoms with Crippen LogP contribution in [0.1, 0.15) is 31.9 Å². The number of benzene rings is 1. The van der Waals surface area contributed by atoms with Crippen molar-refractivity contribution in [3.8, 4) is 5.75 Å². The molecule has 0 fully saturated rings. The van der Waals surface area contributed by atoms with Crippen LogP contribution in [0.25, 0.3) is 0 Å². The number of hydrogen-bond acceptors (Lipinski definition) is 4. The van der Waals surface area contributed by atoms with Gasteiger partial charge < -0.3 is 19.7 Å². The van der Waals surface area contributed by atoms with Gasteiger partial charge in [0.1, 0.15) is 5.75 Å². The van der Waals surface area contributed by atoms with Gasteiger partial charge in [-0.2, -0.15) is 0 Å². The van der Waals surface area contributed by atoms with Crippen LogP contribution in [0.3, 0.4) is 0 Å². The maximum Gasteiger partial charge on any atom is 0.119 e. The van der Waals surface area contributed by atoms with Crippen molar-refractivity contribution in [3.63, 3.8) is 0 Å². The van der Waals surface area contributed by atoms with Crippen LogP contribution in [0.5, 0.6) is 5.75 Å². The van der Waals surface area contributed by atoms with Crippen LogP contribution in [-0.2, 0) is 4.74 Å². The SMILES string of the molecule is CCCNC(CN(C)CCOC)c1ccc(OCC)cc1. The molecule has 4 nitrogen and oxygen atoms in total. The van der Waals surface area contributed by atoms with Crippen molar-refractivity contribution in [2.45, 2.75) is 26.3 Å². The molecule has 1 aromatic rings. The summed E-state index contributed by atoms with van der Waals surface area (Å²) in [6.07, 6.45) is 1.13. The molecule has 1 rings (SSSR count). The highest BCUT2D eigenvalue weighted by Crippen LogP contribution is 2.19. The summed E-state index contributed by atoms with van der Waals surface area (Å²) in [7, 11) is 3.88. The summed E-state index contributed by atoms with van der Waals surface area (Å²) in [6.45, 7) is 8.60. The Kier molecular flexibility index (Phi) is 9.06. The van der Waals surface area contributed by atoms with Crippen LogP contribution in [0.4, 0.5) is 0 Å². The van der Waals surface area contributed by atoms with Crippen LogP contribution in [0.15, 0.2) is 24.3 Å². The molecular weight excluding hydrogens is 264 g/mol. The van der Waals surface area contributed by atoms with Crippen LogP contribution in [0.2, 0.25) is 0 Å². The van der Waals surface area contributed by atoms with Gasteiger partial charge >= 0.3 is 0 Å². The van der Waals surface area contributed by atoms with Crippen molar-refractivity contribution >= 4 is 0 Å². The molecule has 0 spiro atoms. The van der Waals surface area contributed by atoms with Gasteiger partial charge in [0.2, 0.25) is 0 Å². The number of nitrogens with zero attached hydrogens (tertiary/aromatic N) is 1. The zero-order chi connectivity index (χ0) is 15.5. The van der Waals surface area contributed by atoms with Crippen molar-refractivity contribution in [1.29, 1.82) is 0 Å². The summed E-state index contributed by atoms with van der Waals surface area (Å²) in [5, 5.41) is 3.62. The van der Waals surface area contributed by atoms with E-state index >= 15 is 0 Å². The van der Waals surface area contributed by atoms with Gasteiger partial charge in [0.05, 0.1) is 13.2 Å². The lowest BCUT2D eigenvalue weighted by Crippen LogP contribution is -2.35. The normalized spacial score (nSPS) is 12.6. The smallest absolute Gasteiger partial charge is 0.119 e. The molecule has 1 N–H and O–H groups in total. The maximum absolute atomic E-state index is 5.51. The topological polar surface area (TPSA) is 33.7 Å². The minimum absolute atomic E-state index is 0.336. The lowest BCUT2D eigenvalue weighted by atomic mass is 10.1. The second-order valence-electron chi connectivity index (χ2n) is 5.26. The molecule has 0 aliphatic carbocycles. The Balaban J connectivity index is 2.66. The molecule has 0 radical (unpaired) electrons. The standard InChI is InChI=1S/C17H30N2O2/c1-5-11-18-17(14-19(3)12-13-20-4)15-7-9-16(10-8-15)21-6-2/h7-10,17-18H,5-6,11-14H2,1-4H3. The van der Waals surface area contributed by atoms with Crippen molar-refractivity contribution in [3.05, 3.63) is 29.8 Å². The summed E-state index contributed by atoms with van der Waals surface area (Å²) in [4.78, 5) is 2.30. The minimum atomic E-state index is 0.336. The van der Waals surface area contributed by atoms with E-state index in [1.807, 2.05) is 6.92 Å². The van der Waals surface area contributed by atoms with Crippen LogP contribution >= 0.6 is 0 Å². The number of hydrogen-bond donors (Lipinski definition) is 1. The van der Waals surface area contributed by atoms with Crippen LogP contribution < -0.4 is 10.1 Å². The molecular formula is C17H30N2O2. The zero-order valence-corrected chi connectivity index (χ0v) is 13.9. The molecule has 21 heavy (non-hydrogen) atoms. The lowest BCUT2D eigenvalue weighted by molar-refractivity contribution is 0.155. The van der Waals surface area contributed by atoms with E-state index in [1.165, 1.54) is 5.56 Å². The summed E-state index contributed by atoms with van der Waals surface area (Å²) in [5.74, 6) is 0.934. The van der Waals surface area contributed by atoms with Gasteiger partial charge in [-0.25, -0.2) is 0 Å². The summed E-state index contributed by atoms with van der Waals surface area (Å²) in [6, 6.07) is 8.75. The fraction of sp³-hybridized carbons (Fsp3) is 0.647. The van der Waals surface area contributed by atoms with E-state index in [0.29, 0.717) is 12.6 Å². The van der Waals surface area contributed by atoms with E-state index in [9.17, 15) is 0 Å². The molecule has 0 saturated heterocycles. The van der Waals surface area contributed by atoms with Crippen molar-refractivity contribution < 1.29 is 9.47 Å². The van der Waals surface area contributed by atoms with Crippen LogP contribution in [0, 0.1) is 0 Å². The fourth-order valence-electron chi connectivity index (χ4n) is 2.22. The van der Waals surface area contributed by atoms with Gasteiger partial charge in [0.15, 0.2) is 0 Å². The second-order valence-corrected chi connectivity index (χ2v) is 5.26. The molecule has 0 aliphatic rings. The number of rotatable bonds is 11. The summed E-state index contributed by atoms with van der Waals surface area (Å²) < 4.78 is 10.7. The fourth-order valence-corrected chi connectivity index (χ4v) is 2.22. The Morgan fingerprint density at radius 3 is 2.48 bits per heavy atom. The predicted molar refractivity (Wildman–Crippen MR) is 88.0 cm³/mol. The molecule has 0 amide bonds. The van der Waals surface area contributed by atoms with Gasteiger partial charge in [-0.3, -0.25) is 0 Å². The monoisotopic (exact) mass is 294 g/mol. The van der Waals surface area contributed by atoms with Gasteiger partial charge in [-0.05, 0) is 44.6 Å². The third-order valence-corrected chi connectivity index (χ3v) is 3.41. The first-order valence-corrected chi connectivity index (χ1v) is 7.84. The molecule has 0 aliphatic heterocycles. The molecule has 0 heterocycles. The van der Waals surface area contributed by atoms with Gasteiger partial charge in [0.25, 0.3) is 0 Å². The predicted octanol–water partition coefficient (Wildman–Crippen LogP) is 2.70. The summed E-state index contributed by atoms with van der Waals surface area (Å²) in [5.41, 5.74) is 1.30. The first-order valence-electron chi connectivity index (χ1n) is 7.84. The second kappa shape index (κ2) is 10.6. The number of ether oxygens (including phenoxy) is 2. The Labute approximate surface area is 129 Å². The Morgan fingerprint density at radius 1 is 1.19 bits per heavy atom. The molecule has 1 aromatic carbocycles. The quantitative estimate of drug-likeness (QED) is 0.680. The number of methoxy groups -OCH3 is 1. The first kappa shape index (κ1) is 18.0. The highest BCUT2D eigenvalue weighted by Gasteiger charge is 2.13. The van der Waals surface area contributed by atoms with Gasteiger partial charge in [-0.1, -0.05) is 19.1 Å². The van der Waals surface area contributed by atoms with Gasteiger partial charge in [-0.15, -0.1) is 0 Å². The van der Waals surface area contributed by atoms with E-state index in [2.05, 4.69) is 48.5 Å². The number of nitrogens with one attached hydrogen (secondary N) is 1. The van der Waals surface area contributed by atoms with E-state index in [-0.39, 0.29) is 0 Å². The van der Waals surface area contributed by atoms with Crippen molar-refractivity contribution in [2.75, 3.05) is 47.0 Å². The molecule has 0 aromatic heterocycles. The highest BCUT2D eigenvalue weighted by atomic mass is 16.5. The molecule has 4 heteroatoms. The minimum Gasteiger partial charge on any atom is -0.494 e. The molecule has 1 unspecified atom stereocenters. The van der Waals surface area contributed by atoms with Crippen LogP contribution in [-0.4, -0.2) is 51.9 Å². The zero-order valence-electron chi connectivity index (χ0n) is 13.9. The average molecular weight is 294 g/mol. The maximum atomic E-state index is 5.51. The largest absolute Gasteiger partial charge is 0.494 e. The van der Waals surface area contributed by atoms with Crippen molar-refractivity contribution in [1.82, 2.24) is 10.2 Å². The number of likely N-dealkylation sites (N-methyl/N-ethyl adjacent to an activating group) is 1. The molecule has 0 saturated carbocycles. The first-order chi connectivity index (χ1) is 10.2. The highest BCUT2D eigenvalue weighted by molar-refractivity contribution is 5.29. The van der Waals surface area contributed by atoms with E-state index in [1.54, 1.807) is 7.11 Å². The Bertz CT molecular complexity index is 368. The Morgan fingerprint density at radius 2 is 1.90 bits per heavy atom. The van der Waals surface area contributed by atoms with E-state index in [0.717, 1.165) is 38.4 Å². The average Bonchev–Trinajstić information content (AvgIpc) is 2.50. The lowest BCUT2D eigenvalue weighted by Gasteiger charge is -2.25. The van der Waals surface area contributed by atoms with Gasteiger partial charge in [0, 0.05) is 26.2 Å². The van der Waals surface area contributed by atoms with Crippen molar-refractivity contribution in [2.24, 2.45) is 0 Å². The Hall–Kier alpha value is -1.10.